The van der Waals surface area contributed by atoms with Gasteiger partial charge in [-0.25, -0.2) is 4.79 Å². The van der Waals surface area contributed by atoms with E-state index in [-0.39, 0.29) is 30.4 Å². The molecule has 27 heavy (non-hydrogen) atoms. The van der Waals surface area contributed by atoms with Crippen LogP contribution in [0.2, 0.25) is 0 Å². The Labute approximate surface area is 159 Å². The Bertz CT molecular complexity index is 546. The van der Waals surface area contributed by atoms with E-state index >= 15 is 0 Å². The van der Waals surface area contributed by atoms with Crippen LogP contribution >= 0.6 is 0 Å². The van der Waals surface area contributed by atoms with Gasteiger partial charge in [0.15, 0.2) is 0 Å². The highest BCUT2D eigenvalue weighted by molar-refractivity contribution is 6.01. The van der Waals surface area contributed by atoms with Crippen molar-refractivity contribution < 1.29 is 23.9 Å². The van der Waals surface area contributed by atoms with Gasteiger partial charge in [-0.2, -0.15) is 0 Å². The van der Waals surface area contributed by atoms with Gasteiger partial charge in [-0.05, 0) is 12.8 Å². The number of carbonyl (C=O) groups is 3. The van der Waals surface area contributed by atoms with Crippen molar-refractivity contribution in [2.24, 2.45) is 5.92 Å². The average Bonchev–Trinajstić information content (AvgIpc) is 3.27. The van der Waals surface area contributed by atoms with Crippen LogP contribution in [0.4, 0.5) is 4.79 Å². The van der Waals surface area contributed by atoms with Gasteiger partial charge in [0.2, 0.25) is 11.8 Å². The highest BCUT2D eigenvalue weighted by Crippen LogP contribution is 2.22. The lowest BCUT2D eigenvalue weighted by Crippen LogP contribution is -2.52. The molecule has 4 amide bonds. The van der Waals surface area contributed by atoms with E-state index in [4.69, 9.17) is 9.47 Å². The van der Waals surface area contributed by atoms with Crippen molar-refractivity contribution in [1.82, 2.24) is 20.0 Å². The van der Waals surface area contributed by atoms with E-state index in [0.29, 0.717) is 31.8 Å². The van der Waals surface area contributed by atoms with E-state index in [1.54, 1.807) is 7.05 Å². The molecule has 3 heterocycles. The Morgan fingerprint density at radius 1 is 1.22 bits per heavy atom. The number of imide groups is 1. The van der Waals surface area contributed by atoms with Crippen LogP contribution in [0.1, 0.15) is 19.3 Å². The summed E-state index contributed by atoms with van der Waals surface area (Å²) < 4.78 is 11.0. The molecule has 2 unspecified atom stereocenters. The quantitative estimate of drug-likeness (QED) is 0.570. The highest BCUT2D eigenvalue weighted by atomic mass is 16.5. The van der Waals surface area contributed by atoms with Crippen LogP contribution in [-0.4, -0.2) is 105 Å². The van der Waals surface area contributed by atoms with Crippen LogP contribution in [0.3, 0.4) is 0 Å². The summed E-state index contributed by atoms with van der Waals surface area (Å²) >= 11 is 0. The summed E-state index contributed by atoms with van der Waals surface area (Å²) in [5.74, 6) is 0.190. The molecule has 9 heteroatoms. The Morgan fingerprint density at radius 3 is 2.63 bits per heavy atom. The van der Waals surface area contributed by atoms with E-state index < -0.39 is 0 Å². The van der Waals surface area contributed by atoms with Gasteiger partial charge in [0.1, 0.15) is 6.54 Å². The molecule has 0 aliphatic carbocycles. The van der Waals surface area contributed by atoms with E-state index in [2.05, 4.69) is 10.2 Å². The first kappa shape index (κ1) is 20.0. The Morgan fingerprint density at radius 2 is 2.00 bits per heavy atom. The lowest BCUT2D eigenvalue weighted by atomic mass is 9.97. The molecule has 0 spiro atoms. The zero-order chi connectivity index (χ0) is 19.2. The standard InChI is InChI=1S/C18H30N4O5/c1-20-12-17(24)22(18(20)25)5-2-3-16(23)19-11-15(14-4-8-27-13-14)21-6-9-26-10-7-21/h14-15H,2-13H2,1H3,(H,19,23). The van der Waals surface area contributed by atoms with Gasteiger partial charge in [-0.15, -0.1) is 0 Å². The molecule has 3 fully saturated rings. The molecule has 1 N–H and O–H groups in total. The van der Waals surface area contributed by atoms with Crippen LogP contribution in [0.15, 0.2) is 0 Å². The van der Waals surface area contributed by atoms with Crippen molar-refractivity contribution >= 4 is 17.8 Å². The fraction of sp³-hybridized carbons (Fsp3) is 0.833. The average molecular weight is 382 g/mol. The fourth-order valence-corrected chi connectivity index (χ4v) is 3.95. The molecule has 152 valence electrons. The van der Waals surface area contributed by atoms with E-state index in [9.17, 15) is 14.4 Å². The number of likely N-dealkylation sites (N-methyl/N-ethyl adjacent to an activating group) is 1. The molecule has 9 nitrogen and oxygen atoms in total. The number of nitrogens with zero attached hydrogens (tertiary/aromatic N) is 3. The summed E-state index contributed by atoms with van der Waals surface area (Å²) in [4.78, 5) is 40.8. The lowest BCUT2D eigenvalue weighted by Gasteiger charge is -2.37. The molecule has 3 aliphatic heterocycles. The summed E-state index contributed by atoms with van der Waals surface area (Å²) in [6, 6.07) is -0.0234. The second kappa shape index (κ2) is 9.48. The van der Waals surface area contributed by atoms with Crippen LogP contribution in [0, 0.1) is 5.92 Å². The minimum absolute atomic E-state index is 0.0420. The second-order valence-corrected chi connectivity index (χ2v) is 7.43. The molecule has 3 aliphatic rings. The van der Waals surface area contributed by atoms with Crippen molar-refractivity contribution in [3.63, 3.8) is 0 Å². The monoisotopic (exact) mass is 382 g/mol. The second-order valence-electron chi connectivity index (χ2n) is 7.43. The molecule has 0 radical (unpaired) electrons. The summed E-state index contributed by atoms with van der Waals surface area (Å²) in [7, 11) is 1.60. The molecule has 2 atom stereocenters. The number of morpholine rings is 1. The fourth-order valence-electron chi connectivity index (χ4n) is 3.95. The molecule has 3 rings (SSSR count). The van der Waals surface area contributed by atoms with E-state index in [1.807, 2.05) is 0 Å². The maximum Gasteiger partial charge on any atom is 0.326 e. The van der Waals surface area contributed by atoms with E-state index in [1.165, 1.54) is 9.80 Å². The number of urea groups is 1. The first-order valence-electron chi connectivity index (χ1n) is 9.78. The van der Waals surface area contributed by atoms with Crippen LogP contribution in [0.25, 0.3) is 0 Å². The predicted octanol–water partition coefficient (Wildman–Crippen LogP) is -0.486. The Balaban J connectivity index is 1.42. The molecule has 0 bridgehead atoms. The maximum atomic E-state index is 12.3. The minimum atomic E-state index is -0.283. The first-order chi connectivity index (χ1) is 13.1. The van der Waals surface area contributed by atoms with Gasteiger partial charge < -0.3 is 19.7 Å². The van der Waals surface area contributed by atoms with Gasteiger partial charge >= 0.3 is 6.03 Å². The smallest absolute Gasteiger partial charge is 0.326 e. The summed E-state index contributed by atoms with van der Waals surface area (Å²) in [6.07, 6.45) is 1.80. The van der Waals surface area contributed by atoms with Crippen molar-refractivity contribution in [3.8, 4) is 0 Å². The van der Waals surface area contributed by atoms with Crippen molar-refractivity contribution in [2.45, 2.75) is 25.3 Å². The molecule has 3 saturated heterocycles. The van der Waals surface area contributed by atoms with E-state index in [0.717, 1.165) is 45.9 Å². The predicted molar refractivity (Wildman–Crippen MR) is 97.1 cm³/mol. The number of hydrogen-bond donors (Lipinski definition) is 1. The number of nitrogens with one attached hydrogen (secondary N) is 1. The van der Waals surface area contributed by atoms with Gasteiger partial charge in [0, 0.05) is 58.2 Å². The minimum Gasteiger partial charge on any atom is -0.381 e. The van der Waals surface area contributed by atoms with Crippen molar-refractivity contribution in [1.29, 1.82) is 0 Å². The number of hydrogen-bond acceptors (Lipinski definition) is 6. The Kier molecular flexibility index (Phi) is 7.03. The molecule has 0 aromatic carbocycles. The third kappa shape index (κ3) is 5.18. The number of amides is 4. The third-order valence-electron chi connectivity index (χ3n) is 5.55. The summed E-state index contributed by atoms with van der Waals surface area (Å²) in [5, 5.41) is 3.04. The van der Waals surface area contributed by atoms with Crippen LogP contribution in [0.5, 0.6) is 0 Å². The van der Waals surface area contributed by atoms with Crippen LogP contribution in [-0.2, 0) is 19.1 Å². The number of carbonyl (C=O) groups excluding carboxylic acids is 3. The van der Waals surface area contributed by atoms with Crippen LogP contribution < -0.4 is 5.32 Å². The molecule has 0 aromatic rings. The third-order valence-corrected chi connectivity index (χ3v) is 5.55. The van der Waals surface area contributed by atoms with Crippen molar-refractivity contribution in [2.75, 3.05) is 66.2 Å². The zero-order valence-corrected chi connectivity index (χ0v) is 16.0. The first-order valence-corrected chi connectivity index (χ1v) is 9.78. The Hall–Kier alpha value is -1.71. The van der Waals surface area contributed by atoms with Gasteiger partial charge in [-0.3, -0.25) is 19.4 Å². The normalized spacial score (nSPS) is 25.3. The van der Waals surface area contributed by atoms with Gasteiger partial charge in [0.25, 0.3) is 0 Å². The molecular formula is C18H30N4O5. The molecule has 0 saturated carbocycles. The van der Waals surface area contributed by atoms with Crippen molar-refractivity contribution in [3.05, 3.63) is 0 Å². The maximum absolute atomic E-state index is 12.3. The number of rotatable bonds is 8. The molecular weight excluding hydrogens is 352 g/mol. The summed E-state index contributed by atoms with van der Waals surface area (Å²) in [6.45, 7) is 5.74. The zero-order valence-electron chi connectivity index (χ0n) is 16.0. The topological polar surface area (TPSA) is 91.4 Å². The largest absolute Gasteiger partial charge is 0.381 e. The van der Waals surface area contributed by atoms with Gasteiger partial charge in [-0.1, -0.05) is 0 Å². The lowest BCUT2D eigenvalue weighted by molar-refractivity contribution is -0.126. The molecule has 0 aromatic heterocycles. The summed E-state index contributed by atoms with van der Waals surface area (Å²) in [5.41, 5.74) is 0. The SMILES string of the molecule is CN1CC(=O)N(CCCC(=O)NCC(C2CCOC2)N2CCOCC2)C1=O. The highest BCUT2D eigenvalue weighted by Gasteiger charge is 2.33. The van der Waals surface area contributed by atoms with Gasteiger partial charge in [0.05, 0.1) is 19.8 Å². The number of ether oxygens (including phenoxy) is 2.